The highest BCUT2D eigenvalue weighted by Gasteiger charge is 2.19. The van der Waals surface area contributed by atoms with E-state index in [0.717, 1.165) is 11.1 Å². The lowest BCUT2D eigenvalue weighted by atomic mass is 10.1. The Morgan fingerprint density at radius 2 is 1.87 bits per heavy atom. The number of nitrogens with zero attached hydrogens (tertiary/aromatic N) is 2. The standard InChI is InChI=1S/C23H26FN3O3/c1-2-10-25-23(29)27(17-18-6-8-20(24)9-7-18)21-5-3-4-19(15-21)16-22(28)26-11-13-30-14-12-26/h2-9,15H,1,10-14,16-17H2,(H,25,29). The van der Waals surface area contributed by atoms with Crippen LogP contribution in [0.5, 0.6) is 0 Å². The number of morpholine rings is 1. The first-order chi connectivity index (χ1) is 14.6. The summed E-state index contributed by atoms with van der Waals surface area (Å²) in [5.74, 6) is -0.290. The smallest absolute Gasteiger partial charge is 0.322 e. The fourth-order valence-electron chi connectivity index (χ4n) is 3.24. The minimum absolute atomic E-state index is 0.0386. The molecule has 0 aliphatic carbocycles. The van der Waals surface area contributed by atoms with Crippen molar-refractivity contribution in [2.24, 2.45) is 0 Å². The Balaban J connectivity index is 1.78. The van der Waals surface area contributed by atoms with E-state index in [1.807, 2.05) is 24.3 Å². The summed E-state index contributed by atoms with van der Waals surface area (Å²) >= 11 is 0. The van der Waals surface area contributed by atoms with Crippen molar-refractivity contribution in [3.63, 3.8) is 0 Å². The molecule has 0 radical (unpaired) electrons. The van der Waals surface area contributed by atoms with Crippen LogP contribution in [-0.4, -0.2) is 49.7 Å². The number of halogens is 1. The maximum atomic E-state index is 13.3. The molecule has 0 spiro atoms. The van der Waals surface area contributed by atoms with Crippen LogP contribution >= 0.6 is 0 Å². The normalized spacial score (nSPS) is 13.6. The number of amides is 3. The molecule has 1 saturated heterocycles. The Bertz CT molecular complexity index is 880. The van der Waals surface area contributed by atoms with Crippen molar-refractivity contribution in [3.05, 3.63) is 78.1 Å². The molecule has 0 saturated carbocycles. The van der Waals surface area contributed by atoms with Crippen LogP contribution in [0.2, 0.25) is 0 Å². The Morgan fingerprint density at radius 1 is 1.13 bits per heavy atom. The molecule has 0 aromatic heterocycles. The minimum atomic E-state index is -0.329. The number of hydrogen-bond donors (Lipinski definition) is 1. The maximum absolute atomic E-state index is 13.3. The molecular formula is C23H26FN3O3. The van der Waals surface area contributed by atoms with Gasteiger partial charge in [-0.3, -0.25) is 9.69 Å². The quantitative estimate of drug-likeness (QED) is 0.712. The first-order valence-electron chi connectivity index (χ1n) is 9.92. The van der Waals surface area contributed by atoms with Crippen LogP contribution < -0.4 is 10.2 Å². The molecule has 158 valence electrons. The number of carbonyl (C=O) groups excluding carboxylic acids is 2. The number of anilines is 1. The van der Waals surface area contributed by atoms with Gasteiger partial charge < -0.3 is 15.0 Å². The zero-order valence-electron chi connectivity index (χ0n) is 16.9. The van der Waals surface area contributed by atoms with Crippen LogP contribution in [0.25, 0.3) is 0 Å². The molecule has 1 N–H and O–H groups in total. The van der Waals surface area contributed by atoms with E-state index in [9.17, 15) is 14.0 Å². The van der Waals surface area contributed by atoms with Gasteiger partial charge in [0.25, 0.3) is 0 Å². The monoisotopic (exact) mass is 411 g/mol. The van der Waals surface area contributed by atoms with E-state index in [0.29, 0.717) is 38.5 Å². The predicted octanol–water partition coefficient (Wildman–Crippen LogP) is 3.13. The van der Waals surface area contributed by atoms with E-state index in [1.165, 1.54) is 12.1 Å². The summed E-state index contributed by atoms with van der Waals surface area (Å²) in [6, 6.07) is 13.1. The lowest BCUT2D eigenvalue weighted by molar-refractivity contribution is -0.134. The van der Waals surface area contributed by atoms with Crippen LogP contribution in [0, 0.1) is 5.82 Å². The van der Waals surface area contributed by atoms with Gasteiger partial charge in [-0.2, -0.15) is 0 Å². The summed E-state index contributed by atoms with van der Waals surface area (Å²) in [5, 5.41) is 2.78. The van der Waals surface area contributed by atoms with Crippen molar-refractivity contribution in [1.82, 2.24) is 10.2 Å². The molecule has 0 atom stereocenters. The van der Waals surface area contributed by atoms with E-state index in [-0.39, 0.29) is 30.7 Å². The lowest BCUT2D eigenvalue weighted by Crippen LogP contribution is -2.41. The highest BCUT2D eigenvalue weighted by atomic mass is 19.1. The van der Waals surface area contributed by atoms with Gasteiger partial charge in [-0.05, 0) is 35.4 Å². The molecule has 1 aliphatic rings. The fraction of sp³-hybridized carbons (Fsp3) is 0.304. The van der Waals surface area contributed by atoms with Crippen LogP contribution in [-0.2, 0) is 22.5 Å². The highest BCUT2D eigenvalue weighted by molar-refractivity contribution is 5.92. The number of nitrogens with one attached hydrogen (secondary N) is 1. The first-order valence-corrected chi connectivity index (χ1v) is 9.92. The molecule has 1 fully saturated rings. The van der Waals surface area contributed by atoms with Crippen LogP contribution in [0.3, 0.4) is 0 Å². The van der Waals surface area contributed by atoms with Gasteiger partial charge in [-0.1, -0.05) is 30.3 Å². The average molecular weight is 411 g/mol. The van der Waals surface area contributed by atoms with Crippen molar-refractivity contribution in [1.29, 1.82) is 0 Å². The van der Waals surface area contributed by atoms with Crippen molar-refractivity contribution < 1.29 is 18.7 Å². The summed E-state index contributed by atoms with van der Waals surface area (Å²) in [4.78, 5) is 28.7. The predicted molar refractivity (Wildman–Crippen MR) is 114 cm³/mol. The van der Waals surface area contributed by atoms with E-state index < -0.39 is 0 Å². The van der Waals surface area contributed by atoms with Crippen molar-refractivity contribution in [2.45, 2.75) is 13.0 Å². The van der Waals surface area contributed by atoms with Gasteiger partial charge in [0.1, 0.15) is 5.82 Å². The van der Waals surface area contributed by atoms with Gasteiger partial charge in [-0.25, -0.2) is 9.18 Å². The number of hydrogen-bond acceptors (Lipinski definition) is 3. The Labute approximate surface area is 175 Å². The molecule has 6 nitrogen and oxygen atoms in total. The van der Waals surface area contributed by atoms with Crippen molar-refractivity contribution in [2.75, 3.05) is 37.7 Å². The van der Waals surface area contributed by atoms with Crippen molar-refractivity contribution >= 4 is 17.6 Å². The van der Waals surface area contributed by atoms with E-state index in [2.05, 4.69) is 11.9 Å². The molecule has 30 heavy (non-hydrogen) atoms. The molecule has 2 aromatic carbocycles. The number of ether oxygens (including phenoxy) is 1. The molecule has 3 rings (SSSR count). The minimum Gasteiger partial charge on any atom is -0.378 e. The highest BCUT2D eigenvalue weighted by Crippen LogP contribution is 2.20. The molecular weight excluding hydrogens is 385 g/mol. The van der Waals surface area contributed by atoms with Gasteiger partial charge in [0.15, 0.2) is 0 Å². The zero-order chi connectivity index (χ0) is 21.3. The molecule has 2 aromatic rings. The van der Waals surface area contributed by atoms with Gasteiger partial charge >= 0.3 is 6.03 Å². The molecule has 1 heterocycles. The molecule has 0 bridgehead atoms. The Morgan fingerprint density at radius 3 is 2.57 bits per heavy atom. The Kier molecular flexibility index (Phi) is 7.57. The van der Waals surface area contributed by atoms with Gasteiger partial charge in [0.2, 0.25) is 5.91 Å². The van der Waals surface area contributed by atoms with E-state index in [4.69, 9.17) is 4.74 Å². The fourth-order valence-corrected chi connectivity index (χ4v) is 3.24. The maximum Gasteiger partial charge on any atom is 0.322 e. The van der Waals surface area contributed by atoms with Crippen LogP contribution in [0.15, 0.2) is 61.2 Å². The second kappa shape index (κ2) is 10.5. The summed E-state index contributed by atoms with van der Waals surface area (Å²) < 4.78 is 18.6. The second-order valence-electron chi connectivity index (χ2n) is 7.03. The third-order valence-corrected chi connectivity index (χ3v) is 4.84. The third kappa shape index (κ3) is 5.90. The molecule has 3 amide bonds. The average Bonchev–Trinajstić information content (AvgIpc) is 2.77. The Hall–Kier alpha value is -3.19. The molecule has 7 heteroatoms. The molecule has 1 aliphatic heterocycles. The number of benzene rings is 2. The van der Waals surface area contributed by atoms with E-state index in [1.54, 1.807) is 28.0 Å². The SMILES string of the molecule is C=CCNC(=O)N(Cc1ccc(F)cc1)c1cccc(CC(=O)N2CCOCC2)c1. The van der Waals surface area contributed by atoms with Crippen LogP contribution in [0.1, 0.15) is 11.1 Å². The summed E-state index contributed by atoms with van der Waals surface area (Å²) in [6.45, 7) is 6.52. The summed E-state index contributed by atoms with van der Waals surface area (Å²) in [6.07, 6.45) is 1.86. The number of carbonyl (C=O) groups is 2. The van der Waals surface area contributed by atoms with Gasteiger partial charge in [0.05, 0.1) is 26.2 Å². The van der Waals surface area contributed by atoms with E-state index >= 15 is 0 Å². The summed E-state index contributed by atoms with van der Waals surface area (Å²) in [5.41, 5.74) is 2.28. The lowest BCUT2D eigenvalue weighted by Gasteiger charge is -2.27. The number of urea groups is 1. The van der Waals surface area contributed by atoms with Gasteiger partial charge in [0, 0.05) is 25.3 Å². The zero-order valence-corrected chi connectivity index (χ0v) is 16.9. The number of rotatable bonds is 7. The summed E-state index contributed by atoms with van der Waals surface area (Å²) in [7, 11) is 0. The first kappa shape index (κ1) is 21.5. The third-order valence-electron chi connectivity index (χ3n) is 4.84. The topological polar surface area (TPSA) is 61.9 Å². The van der Waals surface area contributed by atoms with Gasteiger partial charge in [-0.15, -0.1) is 6.58 Å². The van der Waals surface area contributed by atoms with Crippen LogP contribution in [0.4, 0.5) is 14.9 Å². The largest absolute Gasteiger partial charge is 0.378 e. The van der Waals surface area contributed by atoms with Crippen molar-refractivity contribution in [3.8, 4) is 0 Å². The molecule has 0 unspecified atom stereocenters. The second-order valence-corrected chi connectivity index (χ2v) is 7.03.